The summed E-state index contributed by atoms with van der Waals surface area (Å²) in [6.07, 6.45) is 2.13. The molecule has 1 aromatic heterocycles. The first kappa shape index (κ1) is 16.1. The van der Waals surface area contributed by atoms with E-state index in [4.69, 9.17) is 14.6 Å². The standard InChI is InChI=1S/C14H20FN3O5/c15-14(4-5-14)12-11(18(20)21)13(23-7-1-6-19)16-17(12)10-2-8-22-9-3-10/h10,19H,1-9H2. The van der Waals surface area contributed by atoms with Gasteiger partial charge in [0.05, 0.1) is 17.6 Å². The van der Waals surface area contributed by atoms with E-state index in [2.05, 4.69) is 5.10 Å². The monoisotopic (exact) mass is 329 g/mol. The van der Waals surface area contributed by atoms with E-state index in [-0.39, 0.29) is 49.4 Å². The zero-order valence-electron chi connectivity index (χ0n) is 12.7. The summed E-state index contributed by atoms with van der Waals surface area (Å²) in [5.41, 5.74) is -2.05. The van der Waals surface area contributed by atoms with Crippen molar-refractivity contribution < 1.29 is 23.9 Å². The summed E-state index contributed by atoms with van der Waals surface area (Å²) in [7, 11) is 0. The number of hydrogen-bond acceptors (Lipinski definition) is 6. The van der Waals surface area contributed by atoms with Crippen LogP contribution in [0, 0.1) is 10.1 Å². The van der Waals surface area contributed by atoms with E-state index in [9.17, 15) is 14.5 Å². The molecule has 128 valence electrons. The normalized spacial score (nSPS) is 20.4. The summed E-state index contributed by atoms with van der Waals surface area (Å²) >= 11 is 0. The molecule has 0 radical (unpaired) electrons. The molecule has 23 heavy (non-hydrogen) atoms. The Morgan fingerprint density at radius 3 is 2.74 bits per heavy atom. The highest BCUT2D eigenvalue weighted by Crippen LogP contribution is 2.55. The van der Waals surface area contributed by atoms with Gasteiger partial charge in [0.1, 0.15) is 0 Å². The average Bonchev–Trinajstić information content (AvgIpc) is 3.16. The number of rotatable bonds is 7. The second-order valence-corrected chi connectivity index (χ2v) is 5.94. The lowest BCUT2D eigenvalue weighted by molar-refractivity contribution is -0.387. The number of ether oxygens (including phenoxy) is 2. The Labute approximate surface area is 132 Å². The lowest BCUT2D eigenvalue weighted by Crippen LogP contribution is -2.24. The van der Waals surface area contributed by atoms with Crippen LogP contribution in [-0.4, -0.2) is 46.2 Å². The third-order valence-electron chi connectivity index (χ3n) is 4.23. The van der Waals surface area contributed by atoms with Crippen molar-refractivity contribution in [2.24, 2.45) is 0 Å². The Morgan fingerprint density at radius 1 is 1.48 bits per heavy atom. The molecular weight excluding hydrogens is 309 g/mol. The zero-order valence-corrected chi connectivity index (χ0v) is 12.7. The first-order valence-electron chi connectivity index (χ1n) is 7.84. The molecule has 0 atom stereocenters. The summed E-state index contributed by atoms with van der Waals surface area (Å²) in [5, 5.41) is 24.5. The number of halogens is 1. The molecule has 1 aliphatic heterocycles. The topological polar surface area (TPSA) is 99.7 Å². The highest BCUT2D eigenvalue weighted by atomic mass is 19.1. The van der Waals surface area contributed by atoms with Crippen LogP contribution in [0.5, 0.6) is 5.88 Å². The summed E-state index contributed by atoms with van der Waals surface area (Å²) in [6, 6.07) is -0.124. The van der Waals surface area contributed by atoms with Crippen molar-refractivity contribution in [1.29, 1.82) is 0 Å². The van der Waals surface area contributed by atoms with E-state index >= 15 is 0 Å². The molecule has 8 nitrogen and oxygen atoms in total. The van der Waals surface area contributed by atoms with Crippen LogP contribution in [0.3, 0.4) is 0 Å². The fourth-order valence-corrected chi connectivity index (χ4v) is 2.86. The average molecular weight is 329 g/mol. The van der Waals surface area contributed by atoms with Crippen LogP contribution in [0.25, 0.3) is 0 Å². The molecule has 3 rings (SSSR count). The van der Waals surface area contributed by atoms with Crippen molar-refractivity contribution in [2.45, 2.75) is 43.8 Å². The molecule has 0 spiro atoms. The predicted molar refractivity (Wildman–Crippen MR) is 77.2 cm³/mol. The highest BCUT2D eigenvalue weighted by Gasteiger charge is 2.54. The van der Waals surface area contributed by atoms with Crippen molar-refractivity contribution in [3.8, 4) is 5.88 Å². The molecule has 1 N–H and O–H groups in total. The van der Waals surface area contributed by atoms with Gasteiger partial charge < -0.3 is 14.6 Å². The zero-order chi connectivity index (χ0) is 16.4. The van der Waals surface area contributed by atoms with Gasteiger partial charge in [-0.3, -0.25) is 14.8 Å². The molecule has 0 bridgehead atoms. The summed E-state index contributed by atoms with van der Waals surface area (Å²) < 4.78 is 26.9. The molecule has 2 aliphatic rings. The van der Waals surface area contributed by atoms with Crippen LogP contribution in [-0.2, 0) is 10.4 Å². The summed E-state index contributed by atoms with van der Waals surface area (Å²) in [4.78, 5) is 10.9. The maximum absolute atomic E-state index is 14.8. The second-order valence-electron chi connectivity index (χ2n) is 5.94. The van der Waals surface area contributed by atoms with E-state index in [1.165, 1.54) is 4.68 Å². The first-order chi connectivity index (χ1) is 11.1. The minimum Gasteiger partial charge on any atom is -0.472 e. The Balaban J connectivity index is 1.99. The quantitative estimate of drug-likeness (QED) is 0.466. The molecule has 2 fully saturated rings. The predicted octanol–water partition coefficient (Wildman–Crippen LogP) is 1.86. The molecular formula is C14H20FN3O5. The Kier molecular flexibility index (Phi) is 4.49. The molecule has 0 aromatic carbocycles. The SMILES string of the molecule is O=[N+]([O-])c1c(OCCCO)nn(C2CCOCC2)c1C1(F)CC1. The largest absolute Gasteiger partial charge is 0.472 e. The number of aliphatic hydroxyl groups is 1. The van der Waals surface area contributed by atoms with Gasteiger partial charge in [0.2, 0.25) is 0 Å². The van der Waals surface area contributed by atoms with Crippen molar-refractivity contribution in [3.05, 3.63) is 15.8 Å². The van der Waals surface area contributed by atoms with Crippen molar-refractivity contribution in [3.63, 3.8) is 0 Å². The number of nitro groups is 1. The molecule has 0 amide bonds. The molecule has 2 heterocycles. The van der Waals surface area contributed by atoms with Gasteiger partial charge in [-0.15, -0.1) is 5.10 Å². The van der Waals surface area contributed by atoms with Crippen molar-refractivity contribution in [2.75, 3.05) is 26.4 Å². The van der Waals surface area contributed by atoms with Crippen molar-refractivity contribution in [1.82, 2.24) is 9.78 Å². The van der Waals surface area contributed by atoms with Gasteiger partial charge in [0, 0.05) is 26.2 Å². The number of aromatic nitrogens is 2. The van der Waals surface area contributed by atoms with Gasteiger partial charge in [-0.2, -0.15) is 0 Å². The molecule has 1 aliphatic carbocycles. The van der Waals surface area contributed by atoms with Gasteiger partial charge >= 0.3 is 11.6 Å². The van der Waals surface area contributed by atoms with E-state index in [1.807, 2.05) is 0 Å². The fraction of sp³-hybridized carbons (Fsp3) is 0.786. The number of aliphatic hydroxyl groups excluding tert-OH is 1. The first-order valence-corrected chi connectivity index (χ1v) is 7.84. The van der Waals surface area contributed by atoms with Crippen LogP contribution in [0.4, 0.5) is 10.1 Å². The molecule has 1 saturated heterocycles. The van der Waals surface area contributed by atoms with Gasteiger partial charge in [-0.1, -0.05) is 0 Å². The molecule has 0 unspecified atom stereocenters. The minimum atomic E-state index is -1.69. The maximum Gasteiger partial charge on any atom is 0.356 e. The molecule has 9 heteroatoms. The van der Waals surface area contributed by atoms with E-state index in [0.717, 1.165) is 0 Å². The maximum atomic E-state index is 14.8. The Morgan fingerprint density at radius 2 is 2.17 bits per heavy atom. The molecule has 1 saturated carbocycles. The van der Waals surface area contributed by atoms with Crippen LogP contribution in [0.2, 0.25) is 0 Å². The Bertz CT molecular complexity index is 581. The summed E-state index contributed by atoms with van der Waals surface area (Å²) in [6.45, 7) is 1.06. The van der Waals surface area contributed by atoms with E-state index < -0.39 is 10.6 Å². The van der Waals surface area contributed by atoms with Gasteiger partial charge in [0.25, 0.3) is 0 Å². The van der Waals surface area contributed by atoms with Gasteiger partial charge in [0.15, 0.2) is 11.4 Å². The minimum absolute atomic E-state index is 0.0217. The van der Waals surface area contributed by atoms with Gasteiger partial charge in [-0.05, 0) is 25.7 Å². The molecule has 1 aromatic rings. The lowest BCUT2D eigenvalue weighted by Gasteiger charge is -2.24. The van der Waals surface area contributed by atoms with Crippen LogP contribution in [0.15, 0.2) is 0 Å². The van der Waals surface area contributed by atoms with Crippen molar-refractivity contribution >= 4 is 5.69 Å². The lowest BCUT2D eigenvalue weighted by atomic mass is 10.1. The third kappa shape index (κ3) is 3.16. The third-order valence-corrected chi connectivity index (χ3v) is 4.23. The van der Waals surface area contributed by atoms with Gasteiger partial charge in [-0.25, -0.2) is 4.39 Å². The number of nitrogens with zero attached hydrogens (tertiary/aromatic N) is 3. The number of alkyl halides is 1. The number of hydrogen-bond donors (Lipinski definition) is 1. The van der Waals surface area contributed by atoms with E-state index in [1.54, 1.807) is 0 Å². The Hall–Kier alpha value is -1.74. The smallest absolute Gasteiger partial charge is 0.356 e. The van der Waals surface area contributed by atoms with E-state index in [0.29, 0.717) is 32.5 Å². The second kappa shape index (κ2) is 6.40. The fourth-order valence-electron chi connectivity index (χ4n) is 2.86. The highest BCUT2D eigenvalue weighted by molar-refractivity contribution is 5.51. The van der Waals surface area contributed by atoms with Crippen LogP contribution >= 0.6 is 0 Å². The van der Waals surface area contributed by atoms with Crippen LogP contribution < -0.4 is 4.74 Å². The van der Waals surface area contributed by atoms with Crippen LogP contribution in [0.1, 0.15) is 43.8 Å². The summed E-state index contributed by atoms with van der Waals surface area (Å²) in [5.74, 6) is -0.158.